The number of hydrogen-bond acceptors (Lipinski definition) is 4. The van der Waals surface area contributed by atoms with Gasteiger partial charge in [-0.25, -0.2) is 9.97 Å². The number of benzene rings is 1. The zero-order valence-corrected chi connectivity index (χ0v) is 17.3. The van der Waals surface area contributed by atoms with Gasteiger partial charge in [-0.3, -0.25) is 4.79 Å². The van der Waals surface area contributed by atoms with Crippen LogP contribution in [0.3, 0.4) is 0 Å². The third kappa shape index (κ3) is 4.53. The molecule has 0 saturated carbocycles. The van der Waals surface area contributed by atoms with Crippen LogP contribution in [0.4, 0.5) is 0 Å². The van der Waals surface area contributed by atoms with E-state index < -0.39 is 0 Å². The zero-order chi connectivity index (χ0) is 20.2. The predicted octanol–water partition coefficient (Wildman–Crippen LogP) is 4.08. The monoisotopic (exact) mass is 412 g/mol. The van der Waals surface area contributed by atoms with Gasteiger partial charge >= 0.3 is 0 Å². The largest absolute Gasteiger partial charge is 0.445 e. The number of aryl methyl sites for hydroxylation is 1. The number of piperidine rings is 1. The number of carbonyl (C=O) groups is 1. The van der Waals surface area contributed by atoms with Crippen LogP contribution >= 0.6 is 11.6 Å². The van der Waals surface area contributed by atoms with Gasteiger partial charge in [0.05, 0.1) is 12.1 Å². The number of imidazole rings is 1. The van der Waals surface area contributed by atoms with Crippen molar-refractivity contribution in [2.75, 3.05) is 13.1 Å². The average Bonchev–Trinajstić information content (AvgIpc) is 3.39. The fraction of sp³-hybridized carbons (Fsp3) is 0.409. The minimum Gasteiger partial charge on any atom is -0.445 e. The Balaban J connectivity index is 1.40. The molecule has 0 aliphatic carbocycles. The summed E-state index contributed by atoms with van der Waals surface area (Å²) < 4.78 is 7.96. The van der Waals surface area contributed by atoms with Crippen LogP contribution in [0.15, 0.2) is 47.3 Å². The number of nitrogens with zero attached hydrogens (tertiary/aromatic N) is 4. The molecular formula is C22H25ClN4O2. The first kappa shape index (κ1) is 19.7. The summed E-state index contributed by atoms with van der Waals surface area (Å²) in [5.74, 6) is 2.68. The smallest absolute Gasteiger partial charge is 0.242 e. The highest BCUT2D eigenvalue weighted by Gasteiger charge is 2.28. The molecule has 7 heteroatoms. The second-order valence-electron chi connectivity index (χ2n) is 7.44. The first-order valence-electron chi connectivity index (χ1n) is 10.1. The molecule has 152 valence electrons. The van der Waals surface area contributed by atoms with Crippen LogP contribution < -0.4 is 0 Å². The van der Waals surface area contributed by atoms with Crippen molar-refractivity contribution >= 4 is 17.5 Å². The Bertz CT molecular complexity index is 981. The summed E-state index contributed by atoms with van der Waals surface area (Å²) in [7, 11) is 0. The number of aromatic nitrogens is 3. The lowest BCUT2D eigenvalue weighted by atomic mass is 9.98. The van der Waals surface area contributed by atoms with Crippen molar-refractivity contribution in [3.63, 3.8) is 0 Å². The molecule has 6 nitrogen and oxygen atoms in total. The van der Waals surface area contributed by atoms with E-state index in [4.69, 9.17) is 16.0 Å². The summed E-state index contributed by atoms with van der Waals surface area (Å²) >= 11 is 6.25. The van der Waals surface area contributed by atoms with Crippen molar-refractivity contribution in [2.24, 2.45) is 0 Å². The van der Waals surface area contributed by atoms with Gasteiger partial charge in [-0.15, -0.1) is 0 Å². The standard InChI is InChI=1S/C22H25ClN4O2/c1-2-20-24-9-11-26(20)15-21(28)27-10-5-7-17(14-27)22-25-13-18(29-22)12-16-6-3-4-8-19(16)23/h3-4,6,8-9,11,13,17H,2,5,7,10,12,14-15H2,1H3/t17-/m0/s1. The van der Waals surface area contributed by atoms with Crippen molar-refractivity contribution in [2.45, 2.75) is 45.1 Å². The molecule has 1 saturated heterocycles. The van der Waals surface area contributed by atoms with E-state index in [1.807, 2.05) is 46.9 Å². The topological polar surface area (TPSA) is 64.2 Å². The maximum Gasteiger partial charge on any atom is 0.242 e. The number of hydrogen-bond donors (Lipinski definition) is 0. The van der Waals surface area contributed by atoms with Gasteiger partial charge in [0.2, 0.25) is 5.91 Å². The number of likely N-dealkylation sites (tertiary alicyclic amines) is 1. The number of halogens is 1. The molecule has 0 N–H and O–H groups in total. The summed E-state index contributed by atoms with van der Waals surface area (Å²) in [5.41, 5.74) is 1.02. The van der Waals surface area contributed by atoms with Gasteiger partial charge in [0.15, 0.2) is 5.89 Å². The van der Waals surface area contributed by atoms with E-state index in [0.717, 1.165) is 48.0 Å². The fourth-order valence-electron chi connectivity index (χ4n) is 3.87. The van der Waals surface area contributed by atoms with Crippen LogP contribution in [-0.4, -0.2) is 38.4 Å². The van der Waals surface area contributed by atoms with Crippen molar-refractivity contribution in [1.29, 1.82) is 0 Å². The Labute approximate surface area is 175 Å². The highest BCUT2D eigenvalue weighted by atomic mass is 35.5. The summed E-state index contributed by atoms with van der Waals surface area (Å²) in [4.78, 5) is 23.5. The third-order valence-corrected chi connectivity index (χ3v) is 5.81. The third-order valence-electron chi connectivity index (χ3n) is 5.44. The molecule has 0 bridgehead atoms. The molecule has 0 unspecified atom stereocenters. The van der Waals surface area contributed by atoms with Gasteiger partial charge in [-0.1, -0.05) is 36.7 Å². The van der Waals surface area contributed by atoms with Crippen molar-refractivity contribution in [1.82, 2.24) is 19.4 Å². The predicted molar refractivity (Wildman–Crippen MR) is 111 cm³/mol. The van der Waals surface area contributed by atoms with Crippen molar-refractivity contribution < 1.29 is 9.21 Å². The highest BCUT2D eigenvalue weighted by Crippen LogP contribution is 2.28. The second kappa shape index (κ2) is 8.82. The maximum atomic E-state index is 12.8. The summed E-state index contributed by atoms with van der Waals surface area (Å²) in [6, 6.07) is 7.75. The van der Waals surface area contributed by atoms with Gasteiger partial charge in [0, 0.05) is 43.3 Å². The Morgan fingerprint density at radius 1 is 1.31 bits per heavy atom. The SMILES string of the molecule is CCc1nccn1CC(=O)N1CCC[C@H](c2ncc(Cc3ccccc3Cl)o2)C1. The minimum atomic E-state index is 0.116. The van der Waals surface area contributed by atoms with Gasteiger partial charge < -0.3 is 13.9 Å². The highest BCUT2D eigenvalue weighted by molar-refractivity contribution is 6.31. The summed E-state index contributed by atoms with van der Waals surface area (Å²) in [6.07, 6.45) is 8.74. The van der Waals surface area contributed by atoms with E-state index in [9.17, 15) is 4.79 Å². The van der Waals surface area contributed by atoms with Crippen LogP contribution in [0.1, 0.15) is 48.7 Å². The molecule has 1 aliphatic rings. The molecule has 1 fully saturated rings. The minimum absolute atomic E-state index is 0.116. The molecule has 1 amide bonds. The van der Waals surface area contributed by atoms with Crippen LogP contribution in [0.5, 0.6) is 0 Å². The zero-order valence-electron chi connectivity index (χ0n) is 16.6. The molecule has 1 atom stereocenters. The lowest BCUT2D eigenvalue weighted by molar-refractivity contribution is -0.133. The van der Waals surface area contributed by atoms with Gasteiger partial charge in [0.25, 0.3) is 0 Å². The van der Waals surface area contributed by atoms with Crippen molar-refractivity contribution in [3.8, 4) is 0 Å². The van der Waals surface area contributed by atoms with Gasteiger partial charge in [-0.2, -0.15) is 0 Å². The molecule has 0 spiro atoms. The van der Waals surface area contributed by atoms with Crippen LogP contribution in [0.25, 0.3) is 0 Å². The Kier molecular flexibility index (Phi) is 6.00. The summed E-state index contributed by atoms with van der Waals surface area (Å²) in [6.45, 7) is 3.79. The number of rotatable bonds is 6. The van der Waals surface area contributed by atoms with E-state index in [-0.39, 0.29) is 11.8 Å². The maximum absolute atomic E-state index is 12.8. The van der Waals surface area contributed by atoms with Crippen LogP contribution in [-0.2, 0) is 24.2 Å². The van der Waals surface area contributed by atoms with Crippen molar-refractivity contribution in [3.05, 3.63) is 70.9 Å². The second-order valence-corrected chi connectivity index (χ2v) is 7.84. The molecule has 3 heterocycles. The Morgan fingerprint density at radius 2 is 2.17 bits per heavy atom. The molecule has 0 radical (unpaired) electrons. The number of carbonyl (C=O) groups excluding carboxylic acids is 1. The van der Waals surface area contributed by atoms with E-state index >= 15 is 0 Å². The lowest BCUT2D eigenvalue weighted by Crippen LogP contribution is -2.41. The van der Waals surface area contributed by atoms with Crippen LogP contribution in [0, 0.1) is 0 Å². The lowest BCUT2D eigenvalue weighted by Gasteiger charge is -2.31. The number of oxazole rings is 1. The molecule has 1 aromatic carbocycles. The molecule has 4 rings (SSSR count). The van der Waals surface area contributed by atoms with Gasteiger partial charge in [0.1, 0.15) is 18.1 Å². The van der Waals surface area contributed by atoms with Gasteiger partial charge in [-0.05, 0) is 24.5 Å². The van der Waals surface area contributed by atoms with E-state index in [0.29, 0.717) is 25.4 Å². The molecule has 1 aliphatic heterocycles. The first-order chi connectivity index (χ1) is 14.1. The van der Waals surface area contributed by atoms with E-state index in [1.54, 1.807) is 12.4 Å². The normalized spacial score (nSPS) is 16.9. The molecular weight excluding hydrogens is 388 g/mol. The first-order valence-corrected chi connectivity index (χ1v) is 10.5. The average molecular weight is 413 g/mol. The Morgan fingerprint density at radius 3 is 3.00 bits per heavy atom. The quantitative estimate of drug-likeness (QED) is 0.611. The molecule has 2 aromatic heterocycles. The molecule has 29 heavy (non-hydrogen) atoms. The summed E-state index contributed by atoms with van der Waals surface area (Å²) in [5, 5.41) is 0.728. The van der Waals surface area contributed by atoms with E-state index in [2.05, 4.69) is 9.97 Å². The molecule has 3 aromatic rings. The van der Waals surface area contributed by atoms with Crippen LogP contribution in [0.2, 0.25) is 5.02 Å². The number of amides is 1. The fourth-order valence-corrected chi connectivity index (χ4v) is 4.07. The Hall–Kier alpha value is -2.60. The van der Waals surface area contributed by atoms with E-state index in [1.165, 1.54) is 0 Å².